The third-order valence-electron chi connectivity index (χ3n) is 5.53. The summed E-state index contributed by atoms with van der Waals surface area (Å²) in [5.74, 6) is -0.308. The lowest BCUT2D eigenvalue weighted by molar-refractivity contribution is 0.0525. The number of carbonyl (C=O) groups excluding carboxylic acids is 2. The summed E-state index contributed by atoms with van der Waals surface area (Å²) >= 11 is 0. The molecule has 1 amide bonds. The van der Waals surface area contributed by atoms with Crippen molar-refractivity contribution in [2.24, 2.45) is 0 Å². The maximum Gasteiger partial charge on any atom is 0.413 e. The van der Waals surface area contributed by atoms with E-state index in [1.165, 1.54) is 18.3 Å². The highest BCUT2D eigenvalue weighted by Gasteiger charge is 2.24. The molecule has 10 heteroatoms. The summed E-state index contributed by atoms with van der Waals surface area (Å²) in [6, 6.07) is 16.4. The minimum absolute atomic E-state index is 0.0940. The van der Waals surface area contributed by atoms with Gasteiger partial charge in [-0.2, -0.15) is 0 Å². The Bertz CT molecular complexity index is 1600. The van der Waals surface area contributed by atoms with E-state index >= 15 is 0 Å². The summed E-state index contributed by atoms with van der Waals surface area (Å²) in [6.07, 6.45) is 0.780. The number of aryl methyl sites for hydroxylation is 1. The van der Waals surface area contributed by atoms with Gasteiger partial charge in [0.1, 0.15) is 11.4 Å². The second kappa shape index (κ2) is 10.3. The molecular formula is C28H29N3O6S. The topological polar surface area (TPSA) is 117 Å². The maximum atomic E-state index is 13.7. The number of ether oxygens (including phenoxy) is 2. The fraction of sp³-hybridized carbons (Fsp3) is 0.250. The second-order valence-electron chi connectivity index (χ2n) is 9.65. The van der Waals surface area contributed by atoms with Crippen LogP contribution in [0.5, 0.6) is 0 Å². The number of pyridine rings is 1. The quantitative estimate of drug-likeness (QED) is 0.311. The molecule has 0 fully saturated rings. The van der Waals surface area contributed by atoms with Crippen LogP contribution in [0.4, 0.5) is 10.6 Å². The van der Waals surface area contributed by atoms with Crippen LogP contribution in [-0.2, 0) is 19.5 Å². The van der Waals surface area contributed by atoms with E-state index in [-0.39, 0.29) is 23.0 Å². The third kappa shape index (κ3) is 5.70. The van der Waals surface area contributed by atoms with Crippen LogP contribution in [-0.4, -0.2) is 41.6 Å². The Kier molecular flexibility index (Phi) is 7.28. The van der Waals surface area contributed by atoms with E-state index in [1.54, 1.807) is 76.2 Å². The normalized spacial score (nSPS) is 11.8. The predicted molar refractivity (Wildman–Crippen MR) is 145 cm³/mol. The van der Waals surface area contributed by atoms with Gasteiger partial charge in [-0.15, -0.1) is 0 Å². The number of nitrogens with zero attached hydrogens (tertiary/aromatic N) is 2. The number of fused-ring (bicyclic) bond motifs is 1. The van der Waals surface area contributed by atoms with Crippen LogP contribution in [0.2, 0.25) is 0 Å². The van der Waals surface area contributed by atoms with Gasteiger partial charge in [0, 0.05) is 17.1 Å². The molecule has 4 aromatic rings. The number of aromatic nitrogens is 2. The molecule has 0 aliphatic carbocycles. The SMILES string of the molecule is CCOC(=O)c1ccc(-c2cn(S(=O)(=O)c3ccc(C)cc3)c3nc(NC(=O)OC(C)(C)C)ccc23)cc1. The van der Waals surface area contributed by atoms with Gasteiger partial charge in [0.15, 0.2) is 5.65 Å². The number of benzene rings is 2. The highest BCUT2D eigenvalue weighted by molar-refractivity contribution is 7.90. The third-order valence-corrected chi connectivity index (χ3v) is 7.20. The highest BCUT2D eigenvalue weighted by Crippen LogP contribution is 2.33. The van der Waals surface area contributed by atoms with Crippen LogP contribution < -0.4 is 5.32 Å². The summed E-state index contributed by atoms with van der Waals surface area (Å²) in [7, 11) is -4.04. The molecule has 38 heavy (non-hydrogen) atoms. The number of amides is 1. The first-order valence-electron chi connectivity index (χ1n) is 12.0. The van der Waals surface area contributed by atoms with Crippen molar-refractivity contribution >= 4 is 38.9 Å². The zero-order valence-corrected chi connectivity index (χ0v) is 22.6. The largest absolute Gasteiger partial charge is 0.462 e. The summed E-state index contributed by atoms with van der Waals surface area (Å²) in [6.45, 7) is 9.08. The number of hydrogen-bond donors (Lipinski definition) is 1. The van der Waals surface area contributed by atoms with Gasteiger partial charge in [-0.1, -0.05) is 29.8 Å². The molecule has 0 saturated carbocycles. The molecule has 0 spiro atoms. The van der Waals surface area contributed by atoms with E-state index in [9.17, 15) is 18.0 Å². The van der Waals surface area contributed by atoms with Crippen LogP contribution in [0.1, 0.15) is 43.6 Å². The Labute approximate surface area is 221 Å². The minimum atomic E-state index is -4.04. The van der Waals surface area contributed by atoms with Crippen LogP contribution in [0.3, 0.4) is 0 Å². The van der Waals surface area contributed by atoms with Crippen molar-refractivity contribution in [3.63, 3.8) is 0 Å². The average molecular weight is 536 g/mol. The number of esters is 1. The highest BCUT2D eigenvalue weighted by atomic mass is 32.2. The van der Waals surface area contributed by atoms with Gasteiger partial charge < -0.3 is 9.47 Å². The van der Waals surface area contributed by atoms with Crippen molar-refractivity contribution in [3.05, 3.63) is 78.0 Å². The van der Waals surface area contributed by atoms with Crippen LogP contribution in [0.15, 0.2) is 71.8 Å². The summed E-state index contributed by atoms with van der Waals surface area (Å²) in [4.78, 5) is 29.0. The molecular weight excluding hydrogens is 506 g/mol. The van der Waals surface area contributed by atoms with Crippen molar-refractivity contribution in [3.8, 4) is 11.1 Å². The molecule has 2 aromatic carbocycles. The van der Waals surface area contributed by atoms with Gasteiger partial charge in [-0.3, -0.25) is 5.32 Å². The average Bonchev–Trinajstić information content (AvgIpc) is 3.23. The number of anilines is 1. The summed E-state index contributed by atoms with van der Waals surface area (Å²) in [5.41, 5.74) is 1.98. The molecule has 1 N–H and O–H groups in total. The Morgan fingerprint density at radius 1 is 0.974 bits per heavy atom. The van der Waals surface area contributed by atoms with Crippen molar-refractivity contribution in [1.29, 1.82) is 0 Å². The smallest absolute Gasteiger partial charge is 0.413 e. The van der Waals surface area contributed by atoms with E-state index in [4.69, 9.17) is 9.47 Å². The van der Waals surface area contributed by atoms with E-state index < -0.39 is 27.7 Å². The molecule has 4 rings (SSSR count). The standard InChI is InChI=1S/C28H29N3O6S/c1-6-36-26(32)20-11-9-19(10-12-20)23-17-31(38(34,35)21-13-7-18(2)8-14-21)25-22(23)15-16-24(29-25)30-27(33)37-28(3,4)5/h7-17H,6H2,1-5H3,(H,29,30,33). The first-order chi connectivity index (χ1) is 17.9. The van der Waals surface area contributed by atoms with Gasteiger partial charge in [0.25, 0.3) is 10.0 Å². The van der Waals surface area contributed by atoms with Crippen molar-refractivity contribution in [2.75, 3.05) is 11.9 Å². The molecule has 0 unspecified atom stereocenters. The van der Waals surface area contributed by atoms with Gasteiger partial charge >= 0.3 is 12.1 Å². The van der Waals surface area contributed by atoms with Crippen molar-refractivity contribution in [1.82, 2.24) is 8.96 Å². The molecule has 0 radical (unpaired) electrons. The van der Waals surface area contributed by atoms with E-state index in [1.807, 2.05) is 6.92 Å². The Morgan fingerprint density at radius 2 is 1.63 bits per heavy atom. The van der Waals surface area contributed by atoms with Crippen LogP contribution in [0, 0.1) is 6.92 Å². The maximum absolute atomic E-state index is 13.7. The molecule has 198 valence electrons. The number of rotatable bonds is 6. The monoisotopic (exact) mass is 535 g/mol. The van der Waals surface area contributed by atoms with E-state index in [2.05, 4.69) is 10.3 Å². The van der Waals surface area contributed by atoms with Gasteiger partial charge in [0.05, 0.1) is 17.1 Å². The van der Waals surface area contributed by atoms with Crippen molar-refractivity contribution in [2.45, 2.75) is 45.1 Å². The first kappa shape index (κ1) is 26.9. The number of carbonyl (C=O) groups is 2. The van der Waals surface area contributed by atoms with E-state index in [0.29, 0.717) is 22.1 Å². The zero-order valence-electron chi connectivity index (χ0n) is 21.8. The van der Waals surface area contributed by atoms with Gasteiger partial charge in [-0.05, 0) is 76.6 Å². The van der Waals surface area contributed by atoms with Crippen molar-refractivity contribution < 1.29 is 27.5 Å². The molecule has 2 heterocycles. The lowest BCUT2D eigenvalue weighted by Crippen LogP contribution is -2.27. The van der Waals surface area contributed by atoms with Gasteiger partial charge in [0.2, 0.25) is 0 Å². The minimum Gasteiger partial charge on any atom is -0.462 e. The Hall–Kier alpha value is -4.18. The van der Waals surface area contributed by atoms with E-state index in [0.717, 1.165) is 9.54 Å². The summed E-state index contributed by atoms with van der Waals surface area (Å²) < 4.78 is 38.8. The Balaban J connectivity index is 1.84. The zero-order chi connectivity index (χ0) is 27.7. The fourth-order valence-electron chi connectivity index (χ4n) is 3.79. The molecule has 0 aliphatic rings. The molecule has 0 aliphatic heterocycles. The summed E-state index contributed by atoms with van der Waals surface area (Å²) in [5, 5.41) is 3.11. The first-order valence-corrected chi connectivity index (χ1v) is 13.4. The Morgan fingerprint density at radius 3 is 2.24 bits per heavy atom. The molecule has 0 saturated heterocycles. The number of hydrogen-bond acceptors (Lipinski definition) is 7. The molecule has 2 aromatic heterocycles. The second-order valence-corrected chi connectivity index (χ2v) is 11.5. The fourth-order valence-corrected chi connectivity index (χ4v) is 5.11. The number of nitrogens with one attached hydrogen (secondary N) is 1. The van der Waals surface area contributed by atoms with Gasteiger partial charge in [-0.25, -0.2) is 27.0 Å². The molecule has 0 bridgehead atoms. The van der Waals surface area contributed by atoms with Crippen LogP contribution >= 0.6 is 0 Å². The van der Waals surface area contributed by atoms with Crippen LogP contribution in [0.25, 0.3) is 22.2 Å². The molecule has 0 atom stereocenters. The predicted octanol–water partition coefficient (Wildman–Crippen LogP) is 5.77. The lowest BCUT2D eigenvalue weighted by Gasteiger charge is -2.19. The lowest BCUT2D eigenvalue weighted by atomic mass is 10.0. The molecule has 9 nitrogen and oxygen atoms in total.